The molecule has 0 aromatic heterocycles. The molecule has 1 amide bonds. The van der Waals surface area contributed by atoms with Crippen LogP contribution in [-0.2, 0) is 4.74 Å². The summed E-state index contributed by atoms with van der Waals surface area (Å²) >= 11 is 0. The second-order valence-electron chi connectivity index (χ2n) is 7.87. The first-order chi connectivity index (χ1) is 11.6. The lowest BCUT2D eigenvalue weighted by atomic mass is 10.0. The standard InChI is InChI=1S/C20H31N3O2/c1-14-13-23(6)12-11-18(21-14)17-9-7-16(8-10-17)15(2)22-19(24)25-20(3,4)5/h7-11,14-15,21H,12-13H2,1-6H3,(H,22,24)/t14?,15-/m0/s1. The van der Waals surface area contributed by atoms with Crippen LogP contribution in [0.2, 0.25) is 0 Å². The Hall–Kier alpha value is -2.01. The van der Waals surface area contributed by atoms with Crippen LogP contribution < -0.4 is 10.6 Å². The minimum Gasteiger partial charge on any atom is -0.444 e. The Morgan fingerprint density at radius 1 is 1.32 bits per heavy atom. The Morgan fingerprint density at radius 2 is 1.96 bits per heavy atom. The van der Waals surface area contributed by atoms with Crippen molar-refractivity contribution in [2.24, 2.45) is 0 Å². The predicted octanol–water partition coefficient (Wildman–Crippen LogP) is 3.54. The van der Waals surface area contributed by atoms with Gasteiger partial charge in [-0.2, -0.15) is 0 Å². The van der Waals surface area contributed by atoms with Crippen molar-refractivity contribution in [1.29, 1.82) is 0 Å². The third kappa shape index (κ3) is 6.09. The van der Waals surface area contributed by atoms with E-state index in [1.165, 1.54) is 0 Å². The smallest absolute Gasteiger partial charge is 0.408 e. The Labute approximate surface area is 151 Å². The molecule has 0 radical (unpaired) electrons. The van der Waals surface area contributed by atoms with Crippen molar-refractivity contribution in [3.63, 3.8) is 0 Å². The van der Waals surface area contributed by atoms with E-state index in [1.54, 1.807) is 0 Å². The fourth-order valence-corrected chi connectivity index (χ4v) is 2.88. The molecule has 1 aromatic rings. The average Bonchev–Trinajstić information content (AvgIpc) is 2.66. The maximum absolute atomic E-state index is 11.9. The molecule has 0 aliphatic carbocycles. The van der Waals surface area contributed by atoms with Gasteiger partial charge in [-0.3, -0.25) is 0 Å². The molecule has 2 rings (SSSR count). The summed E-state index contributed by atoms with van der Waals surface area (Å²) in [6, 6.07) is 8.60. The maximum Gasteiger partial charge on any atom is 0.408 e. The van der Waals surface area contributed by atoms with Gasteiger partial charge in [-0.1, -0.05) is 24.3 Å². The first kappa shape index (κ1) is 19.3. The van der Waals surface area contributed by atoms with Crippen molar-refractivity contribution in [2.45, 2.75) is 52.3 Å². The highest BCUT2D eigenvalue weighted by Gasteiger charge is 2.18. The summed E-state index contributed by atoms with van der Waals surface area (Å²) in [5.41, 5.74) is 2.88. The molecule has 0 fully saturated rings. The summed E-state index contributed by atoms with van der Waals surface area (Å²) in [5.74, 6) is 0. The molecule has 5 heteroatoms. The van der Waals surface area contributed by atoms with Crippen molar-refractivity contribution in [2.75, 3.05) is 20.1 Å². The van der Waals surface area contributed by atoms with Gasteiger partial charge in [-0.15, -0.1) is 0 Å². The normalized spacial score (nSPS) is 20.1. The lowest BCUT2D eigenvalue weighted by Gasteiger charge is -2.22. The van der Waals surface area contributed by atoms with Crippen LogP contribution in [0.5, 0.6) is 0 Å². The van der Waals surface area contributed by atoms with Crippen LogP contribution in [0.1, 0.15) is 51.8 Å². The van der Waals surface area contributed by atoms with Gasteiger partial charge in [0.2, 0.25) is 0 Å². The van der Waals surface area contributed by atoms with Crippen molar-refractivity contribution in [1.82, 2.24) is 15.5 Å². The number of carbonyl (C=O) groups is 1. The zero-order chi connectivity index (χ0) is 18.6. The van der Waals surface area contributed by atoms with Gasteiger partial charge in [-0.05, 0) is 58.9 Å². The number of likely N-dealkylation sites (N-methyl/N-ethyl adjacent to an activating group) is 1. The Kier molecular flexibility index (Phi) is 6.11. The van der Waals surface area contributed by atoms with E-state index in [9.17, 15) is 4.79 Å². The third-order valence-electron chi connectivity index (χ3n) is 4.05. The van der Waals surface area contributed by atoms with Gasteiger partial charge in [0.05, 0.1) is 6.04 Å². The molecular formula is C20H31N3O2. The number of benzene rings is 1. The van der Waals surface area contributed by atoms with E-state index in [1.807, 2.05) is 27.7 Å². The molecule has 0 saturated heterocycles. The molecule has 1 aliphatic rings. The summed E-state index contributed by atoms with van der Waals surface area (Å²) in [7, 11) is 2.13. The molecule has 1 heterocycles. The van der Waals surface area contributed by atoms with Crippen LogP contribution in [0.4, 0.5) is 4.79 Å². The molecule has 0 bridgehead atoms. The zero-order valence-electron chi connectivity index (χ0n) is 16.2. The Bertz CT molecular complexity index is 617. The van der Waals surface area contributed by atoms with E-state index in [0.29, 0.717) is 6.04 Å². The second-order valence-corrected chi connectivity index (χ2v) is 7.87. The van der Waals surface area contributed by atoms with Gasteiger partial charge < -0.3 is 20.3 Å². The number of amides is 1. The molecule has 1 aromatic carbocycles. The maximum atomic E-state index is 11.9. The monoisotopic (exact) mass is 345 g/mol. The summed E-state index contributed by atoms with van der Waals surface area (Å²) in [5, 5.41) is 6.44. The summed E-state index contributed by atoms with van der Waals surface area (Å²) in [6.45, 7) is 11.7. The molecule has 0 spiro atoms. The van der Waals surface area contributed by atoms with E-state index >= 15 is 0 Å². The quantitative estimate of drug-likeness (QED) is 0.880. The van der Waals surface area contributed by atoms with Crippen LogP contribution in [0.25, 0.3) is 5.70 Å². The number of alkyl carbamates (subject to hydrolysis) is 1. The van der Waals surface area contributed by atoms with E-state index in [2.05, 4.69) is 59.8 Å². The summed E-state index contributed by atoms with van der Waals surface area (Å²) in [6.07, 6.45) is 1.83. The van der Waals surface area contributed by atoms with Gasteiger partial charge in [0.1, 0.15) is 5.60 Å². The van der Waals surface area contributed by atoms with Crippen molar-refractivity contribution in [3.05, 3.63) is 41.5 Å². The molecule has 0 saturated carbocycles. The highest BCUT2D eigenvalue weighted by atomic mass is 16.6. The lowest BCUT2D eigenvalue weighted by Crippen LogP contribution is -2.34. The fraction of sp³-hybridized carbons (Fsp3) is 0.550. The van der Waals surface area contributed by atoms with Crippen LogP contribution in [-0.4, -0.2) is 42.8 Å². The number of nitrogens with one attached hydrogen (secondary N) is 2. The Morgan fingerprint density at radius 3 is 2.56 bits per heavy atom. The molecular weight excluding hydrogens is 314 g/mol. The third-order valence-corrected chi connectivity index (χ3v) is 4.05. The number of hydrogen-bond acceptors (Lipinski definition) is 4. The number of carbonyl (C=O) groups excluding carboxylic acids is 1. The molecule has 1 unspecified atom stereocenters. The highest BCUT2D eigenvalue weighted by Crippen LogP contribution is 2.19. The molecule has 5 nitrogen and oxygen atoms in total. The van der Waals surface area contributed by atoms with Crippen molar-refractivity contribution in [3.8, 4) is 0 Å². The number of nitrogens with zero attached hydrogens (tertiary/aromatic N) is 1. The number of rotatable bonds is 3. The number of ether oxygens (including phenoxy) is 1. The van der Waals surface area contributed by atoms with Crippen LogP contribution in [0.15, 0.2) is 30.3 Å². The first-order valence-corrected chi connectivity index (χ1v) is 8.89. The fourth-order valence-electron chi connectivity index (χ4n) is 2.88. The van der Waals surface area contributed by atoms with Gasteiger partial charge in [0, 0.05) is 24.8 Å². The van der Waals surface area contributed by atoms with Crippen LogP contribution in [0.3, 0.4) is 0 Å². The van der Waals surface area contributed by atoms with E-state index < -0.39 is 11.7 Å². The van der Waals surface area contributed by atoms with Gasteiger partial charge in [0.15, 0.2) is 0 Å². The summed E-state index contributed by atoms with van der Waals surface area (Å²) < 4.78 is 5.31. The molecule has 2 N–H and O–H groups in total. The lowest BCUT2D eigenvalue weighted by molar-refractivity contribution is 0.0508. The summed E-state index contributed by atoms with van der Waals surface area (Å²) in [4.78, 5) is 14.2. The van der Waals surface area contributed by atoms with Gasteiger partial charge in [-0.25, -0.2) is 4.79 Å². The SMILES string of the molecule is CC1CN(C)CC=C(c2ccc([C@H](C)NC(=O)OC(C)(C)C)cc2)N1. The molecule has 1 aliphatic heterocycles. The van der Waals surface area contributed by atoms with Gasteiger partial charge in [0.25, 0.3) is 0 Å². The van der Waals surface area contributed by atoms with Crippen molar-refractivity contribution >= 4 is 11.8 Å². The first-order valence-electron chi connectivity index (χ1n) is 8.89. The predicted molar refractivity (Wildman–Crippen MR) is 102 cm³/mol. The topological polar surface area (TPSA) is 53.6 Å². The van der Waals surface area contributed by atoms with Crippen LogP contribution >= 0.6 is 0 Å². The van der Waals surface area contributed by atoms with Gasteiger partial charge >= 0.3 is 6.09 Å². The van der Waals surface area contributed by atoms with Crippen molar-refractivity contribution < 1.29 is 9.53 Å². The minimum absolute atomic E-state index is 0.106. The molecule has 25 heavy (non-hydrogen) atoms. The van der Waals surface area contributed by atoms with E-state index in [-0.39, 0.29) is 6.04 Å². The second kappa shape index (κ2) is 7.91. The van der Waals surface area contributed by atoms with E-state index in [0.717, 1.165) is 29.9 Å². The molecule has 2 atom stereocenters. The van der Waals surface area contributed by atoms with E-state index in [4.69, 9.17) is 4.74 Å². The highest BCUT2D eigenvalue weighted by molar-refractivity contribution is 5.68. The Balaban J connectivity index is 2.02. The zero-order valence-corrected chi connectivity index (χ0v) is 16.2. The minimum atomic E-state index is -0.491. The average molecular weight is 345 g/mol. The number of hydrogen-bond donors (Lipinski definition) is 2. The van der Waals surface area contributed by atoms with Crippen LogP contribution in [0, 0.1) is 0 Å². The molecule has 138 valence electrons. The largest absolute Gasteiger partial charge is 0.444 e.